The number of nitrogens with zero attached hydrogens (tertiary/aromatic N) is 1. The number of sulfonamides is 1. The minimum atomic E-state index is -3.50. The third-order valence-electron chi connectivity index (χ3n) is 4.02. The summed E-state index contributed by atoms with van der Waals surface area (Å²) in [5.74, 6) is -2.13. The molecule has 0 bridgehead atoms. The van der Waals surface area contributed by atoms with Crippen LogP contribution in [0.5, 0.6) is 0 Å². The largest absolute Gasteiger partial charge is 0.481 e. The second-order valence-electron chi connectivity index (χ2n) is 5.68. The number of anilines is 1. The van der Waals surface area contributed by atoms with E-state index in [9.17, 15) is 18.0 Å². The summed E-state index contributed by atoms with van der Waals surface area (Å²) in [6.45, 7) is 3.76. The first-order valence-electron chi connectivity index (χ1n) is 7.36. The maximum Gasteiger partial charge on any atom is 0.308 e. The topological polar surface area (TPSA) is 104 Å². The quantitative estimate of drug-likeness (QED) is 0.839. The molecular formula is C15H20N2O5S. The van der Waals surface area contributed by atoms with E-state index in [1.54, 1.807) is 19.1 Å². The van der Waals surface area contributed by atoms with E-state index in [-0.39, 0.29) is 35.4 Å². The molecule has 1 saturated heterocycles. The Balaban J connectivity index is 2.26. The number of hydrogen-bond donors (Lipinski definition) is 2. The maximum atomic E-state index is 12.7. The van der Waals surface area contributed by atoms with Gasteiger partial charge in [0.25, 0.3) is 5.91 Å². The molecule has 1 amide bonds. The van der Waals surface area contributed by atoms with Crippen molar-refractivity contribution in [1.82, 2.24) is 4.90 Å². The average molecular weight is 340 g/mol. The van der Waals surface area contributed by atoms with E-state index in [2.05, 4.69) is 4.72 Å². The van der Waals surface area contributed by atoms with Gasteiger partial charge in [-0.1, -0.05) is 19.1 Å². The van der Waals surface area contributed by atoms with Crippen molar-refractivity contribution in [2.75, 3.05) is 23.6 Å². The van der Waals surface area contributed by atoms with Crippen LogP contribution in [0, 0.1) is 11.8 Å². The van der Waals surface area contributed by atoms with E-state index in [0.29, 0.717) is 6.54 Å². The lowest BCUT2D eigenvalue weighted by Crippen LogP contribution is -2.31. The summed E-state index contributed by atoms with van der Waals surface area (Å²) in [5, 5.41) is 9.16. The van der Waals surface area contributed by atoms with Crippen molar-refractivity contribution >= 4 is 27.6 Å². The molecule has 0 spiro atoms. The molecule has 23 heavy (non-hydrogen) atoms. The van der Waals surface area contributed by atoms with Crippen molar-refractivity contribution in [3.63, 3.8) is 0 Å². The van der Waals surface area contributed by atoms with Crippen LogP contribution in [0.2, 0.25) is 0 Å². The van der Waals surface area contributed by atoms with Crippen molar-refractivity contribution in [1.29, 1.82) is 0 Å². The number of carboxylic acids is 1. The Labute approximate surface area is 135 Å². The number of likely N-dealkylation sites (tertiary alicyclic amines) is 1. The number of nitrogens with one attached hydrogen (secondary N) is 1. The zero-order chi connectivity index (χ0) is 17.2. The minimum Gasteiger partial charge on any atom is -0.481 e. The highest BCUT2D eigenvalue weighted by atomic mass is 32.2. The van der Waals surface area contributed by atoms with Crippen molar-refractivity contribution in [2.24, 2.45) is 11.8 Å². The summed E-state index contributed by atoms with van der Waals surface area (Å²) >= 11 is 0. The molecule has 2 rings (SSSR count). The molecule has 0 radical (unpaired) electrons. The molecule has 1 aliphatic heterocycles. The first-order chi connectivity index (χ1) is 10.7. The van der Waals surface area contributed by atoms with Crippen LogP contribution in [0.1, 0.15) is 24.2 Å². The summed E-state index contributed by atoms with van der Waals surface area (Å²) in [4.78, 5) is 25.3. The number of aliphatic carboxylic acids is 1. The van der Waals surface area contributed by atoms with E-state index in [1.807, 2.05) is 0 Å². The van der Waals surface area contributed by atoms with Gasteiger partial charge in [0.1, 0.15) is 0 Å². The average Bonchev–Trinajstić information content (AvgIpc) is 2.89. The van der Waals surface area contributed by atoms with Gasteiger partial charge in [-0.25, -0.2) is 8.42 Å². The highest BCUT2D eigenvalue weighted by molar-refractivity contribution is 7.92. The summed E-state index contributed by atoms with van der Waals surface area (Å²) in [7, 11) is -3.50. The summed E-state index contributed by atoms with van der Waals surface area (Å²) < 4.78 is 25.9. The minimum absolute atomic E-state index is 0.0998. The molecule has 0 aromatic heterocycles. The zero-order valence-corrected chi connectivity index (χ0v) is 13.8. The smallest absolute Gasteiger partial charge is 0.308 e. The van der Waals surface area contributed by atoms with Crippen LogP contribution >= 0.6 is 0 Å². The van der Waals surface area contributed by atoms with Crippen LogP contribution in [0.25, 0.3) is 0 Å². The van der Waals surface area contributed by atoms with E-state index >= 15 is 0 Å². The van der Waals surface area contributed by atoms with E-state index in [4.69, 9.17) is 5.11 Å². The molecular weight excluding hydrogens is 320 g/mol. The number of carbonyl (C=O) groups is 2. The van der Waals surface area contributed by atoms with Gasteiger partial charge >= 0.3 is 5.97 Å². The van der Waals surface area contributed by atoms with Crippen molar-refractivity contribution < 1.29 is 23.1 Å². The summed E-state index contributed by atoms with van der Waals surface area (Å²) in [6, 6.07) is 6.34. The Morgan fingerprint density at radius 2 is 1.96 bits per heavy atom. The first-order valence-corrected chi connectivity index (χ1v) is 9.02. The lowest BCUT2D eigenvalue weighted by Gasteiger charge is -2.18. The van der Waals surface area contributed by atoms with Gasteiger partial charge in [-0.3, -0.25) is 14.3 Å². The summed E-state index contributed by atoms with van der Waals surface area (Å²) in [6.07, 6.45) is 0. The molecule has 8 heteroatoms. The van der Waals surface area contributed by atoms with Crippen molar-refractivity contribution in [3.05, 3.63) is 29.8 Å². The SMILES string of the molecule is CCS(=O)(=O)Nc1ccccc1C(=O)N1C[C@@H](C)[C@H](C(=O)O)C1. The normalized spacial score (nSPS) is 21.2. The van der Waals surface area contributed by atoms with Gasteiger partial charge in [0, 0.05) is 13.1 Å². The fourth-order valence-corrected chi connectivity index (χ4v) is 3.28. The highest BCUT2D eigenvalue weighted by Gasteiger charge is 2.37. The molecule has 7 nitrogen and oxygen atoms in total. The highest BCUT2D eigenvalue weighted by Crippen LogP contribution is 2.27. The molecule has 0 aliphatic carbocycles. The third-order valence-corrected chi connectivity index (χ3v) is 5.31. The Hall–Kier alpha value is -2.09. The third kappa shape index (κ3) is 3.82. The van der Waals surface area contributed by atoms with Crippen molar-refractivity contribution in [3.8, 4) is 0 Å². The van der Waals surface area contributed by atoms with Gasteiger partial charge in [0.15, 0.2) is 0 Å². The fourth-order valence-electron chi connectivity index (χ4n) is 2.62. The Morgan fingerprint density at radius 1 is 1.30 bits per heavy atom. The second kappa shape index (κ2) is 6.57. The van der Waals surface area contributed by atoms with Gasteiger partial charge in [-0.15, -0.1) is 0 Å². The zero-order valence-electron chi connectivity index (χ0n) is 13.0. The Kier molecular flexibility index (Phi) is 4.93. The lowest BCUT2D eigenvalue weighted by atomic mass is 9.99. The molecule has 0 unspecified atom stereocenters. The summed E-state index contributed by atoms with van der Waals surface area (Å²) in [5.41, 5.74) is 0.438. The molecule has 1 aromatic carbocycles. The van der Waals surface area contributed by atoms with Crippen molar-refractivity contribution in [2.45, 2.75) is 13.8 Å². The predicted molar refractivity (Wildman–Crippen MR) is 85.7 cm³/mol. The van der Waals surface area contributed by atoms with E-state index in [1.165, 1.54) is 24.0 Å². The second-order valence-corrected chi connectivity index (χ2v) is 7.69. The number of carboxylic acid groups (broad SMARTS) is 1. The van der Waals surface area contributed by atoms with Crippen LogP contribution in [-0.4, -0.2) is 49.1 Å². The lowest BCUT2D eigenvalue weighted by molar-refractivity contribution is -0.142. The van der Waals surface area contributed by atoms with Crippen LogP contribution in [0.4, 0.5) is 5.69 Å². The number of rotatable bonds is 5. The molecule has 126 valence electrons. The molecule has 2 N–H and O–H groups in total. The van der Waals surface area contributed by atoms with Crippen LogP contribution < -0.4 is 4.72 Å². The number of amides is 1. The molecule has 2 atom stereocenters. The number of para-hydroxylation sites is 1. The molecule has 1 aromatic rings. The molecule has 1 aliphatic rings. The monoisotopic (exact) mass is 340 g/mol. The van der Waals surface area contributed by atoms with Crippen LogP contribution in [0.3, 0.4) is 0 Å². The molecule has 0 saturated carbocycles. The van der Waals surface area contributed by atoms with Gasteiger partial charge < -0.3 is 10.0 Å². The van der Waals surface area contributed by atoms with Gasteiger partial charge in [0.2, 0.25) is 10.0 Å². The first kappa shape index (κ1) is 17.3. The number of benzene rings is 1. The number of hydrogen-bond acceptors (Lipinski definition) is 4. The number of carbonyl (C=O) groups excluding carboxylic acids is 1. The van der Waals surface area contributed by atoms with E-state index < -0.39 is 21.9 Å². The van der Waals surface area contributed by atoms with Gasteiger partial charge in [-0.05, 0) is 25.0 Å². The van der Waals surface area contributed by atoms with Gasteiger partial charge in [-0.2, -0.15) is 0 Å². The Bertz CT molecular complexity index is 716. The fraction of sp³-hybridized carbons (Fsp3) is 0.467. The molecule has 1 heterocycles. The van der Waals surface area contributed by atoms with Crippen LogP contribution in [0.15, 0.2) is 24.3 Å². The standard InChI is InChI=1S/C15H20N2O5S/c1-3-23(21,22)16-13-7-5-4-6-11(13)14(18)17-8-10(2)12(9-17)15(19)20/h4-7,10,12,16H,3,8-9H2,1-2H3,(H,19,20)/t10-,12-/m1/s1. The Morgan fingerprint density at radius 3 is 2.52 bits per heavy atom. The molecule has 1 fully saturated rings. The van der Waals surface area contributed by atoms with Gasteiger partial charge in [0.05, 0.1) is 22.9 Å². The maximum absolute atomic E-state index is 12.7. The predicted octanol–water partition coefficient (Wildman–Crippen LogP) is 1.24. The van der Waals surface area contributed by atoms with E-state index in [0.717, 1.165) is 0 Å². The van der Waals surface area contributed by atoms with Crippen LogP contribution in [-0.2, 0) is 14.8 Å².